The Morgan fingerprint density at radius 2 is 2.16 bits per heavy atom. The molecule has 0 radical (unpaired) electrons. The summed E-state index contributed by atoms with van der Waals surface area (Å²) in [6, 6.07) is 10.6. The van der Waals surface area contributed by atoms with Gasteiger partial charge < -0.3 is 10.4 Å². The summed E-state index contributed by atoms with van der Waals surface area (Å²) in [5, 5.41) is 20.9. The van der Waals surface area contributed by atoms with E-state index in [9.17, 15) is 4.79 Å². The molecule has 2 N–H and O–H groups in total. The third-order valence-corrected chi connectivity index (χ3v) is 2.66. The molecule has 1 aromatic heterocycles. The van der Waals surface area contributed by atoms with Crippen LogP contribution in [0, 0.1) is 18.3 Å². The largest absolute Gasteiger partial charge is 0.478 e. The van der Waals surface area contributed by atoms with Crippen molar-refractivity contribution in [2.24, 2.45) is 0 Å². The number of carboxylic acids is 1. The van der Waals surface area contributed by atoms with Gasteiger partial charge in [0.25, 0.3) is 0 Å². The second-order valence-corrected chi connectivity index (χ2v) is 3.97. The molecule has 2 rings (SSSR count). The van der Waals surface area contributed by atoms with Crippen molar-refractivity contribution in [3.05, 3.63) is 53.2 Å². The Hall–Kier alpha value is -2.87. The van der Waals surface area contributed by atoms with E-state index in [1.165, 1.54) is 12.3 Å². The average Bonchev–Trinajstić information content (AvgIpc) is 2.39. The van der Waals surface area contributed by atoms with Crippen molar-refractivity contribution < 1.29 is 9.90 Å². The Bertz CT molecular complexity index is 657. The molecule has 1 aromatic carbocycles. The number of nitrogens with zero attached hydrogens (tertiary/aromatic N) is 2. The number of hydrogen-bond acceptors (Lipinski definition) is 4. The van der Waals surface area contributed by atoms with Gasteiger partial charge in [-0.15, -0.1) is 0 Å². The fourth-order valence-corrected chi connectivity index (χ4v) is 1.65. The molecule has 0 aliphatic carbocycles. The van der Waals surface area contributed by atoms with E-state index in [0.29, 0.717) is 17.1 Å². The number of aromatic carboxylic acids is 1. The Morgan fingerprint density at radius 1 is 1.37 bits per heavy atom. The van der Waals surface area contributed by atoms with Crippen LogP contribution in [0.15, 0.2) is 36.5 Å². The molecule has 0 saturated heterocycles. The third-order valence-electron chi connectivity index (χ3n) is 2.66. The minimum Gasteiger partial charge on any atom is -0.478 e. The Kier molecular flexibility index (Phi) is 3.44. The number of nitrogens with one attached hydrogen (secondary N) is 1. The Morgan fingerprint density at radius 3 is 2.74 bits per heavy atom. The molecule has 0 saturated carbocycles. The van der Waals surface area contributed by atoms with Gasteiger partial charge in [-0.2, -0.15) is 5.26 Å². The van der Waals surface area contributed by atoms with Crippen molar-refractivity contribution in [2.75, 3.05) is 5.32 Å². The maximum Gasteiger partial charge on any atom is 0.337 e. The number of aromatic nitrogens is 1. The number of carbonyl (C=O) groups is 1. The second-order valence-electron chi connectivity index (χ2n) is 3.97. The van der Waals surface area contributed by atoms with Gasteiger partial charge in [0.15, 0.2) is 0 Å². The molecule has 5 nitrogen and oxygen atoms in total. The molecule has 0 aliphatic rings. The summed E-state index contributed by atoms with van der Waals surface area (Å²) < 4.78 is 0. The number of pyridine rings is 1. The molecule has 0 unspecified atom stereocenters. The van der Waals surface area contributed by atoms with Gasteiger partial charge in [0.2, 0.25) is 0 Å². The van der Waals surface area contributed by atoms with Crippen molar-refractivity contribution in [2.45, 2.75) is 6.92 Å². The van der Waals surface area contributed by atoms with Crippen LogP contribution in [0.1, 0.15) is 21.5 Å². The van der Waals surface area contributed by atoms with Gasteiger partial charge in [-0.25, -0.2) is 9.78 Å². The number of rotatable bonds is 3. The summed E-state index contributed by atoms with van der Waals surface area (Å²) in [6.45, 7) is 1.85. The van der Waals surface area contributed by atoms with Gasteiger partial charge in [0.05, 0.1) is 16.8 Å². The molecule has 0 amide bonds. The van der Waals surface area contributed by atoms with Crippen LogP contribution in [0.3, 0.4) is 0 Å². The molecule has 0 spiro atoms. The maximum absolute atomic E-state index is 10.7. The zero-order valence-corrected chi connectivity index (χ0v) is 10.2. The third kappa shape index (κ3) is 2.69. The first kappa shape index (κ1) is 12.6. The molecule has 2 aromatic rings. The first-order valence-corrected chi connectivity index (χ1v) is 5.58. The first-order valence-electron chi connectivity index (χ1n) is 5.58. The predicted octanol–water partition coefficient (Wildman–Crippen LogP) is 2.70. The van der Waals surface area contributed by atoms with Crippen LogP contribution in [0.5, 0.6) is 0 Å². The van der Waals surface area contributed by atoms with E-state index >= 15 is 0 Å². The van der Waals surface area contributed by atoms with Crippen molar-refractivity contribution >= 4 is 17.5 Å². The first-order chi connectivity index (χ1) is 9.11. The van der Waals surface area contributed by atoms with Crippen molar-refractivity contribution in [1.82, 2.24) is 4.98 Å². The van der Waals surface area contributed by atoms with Crippen LogP contribution < -0.4 is 5.32 Å². The fourth-order valence-electron chi connectivity index (χ4n) is 1.65. The number of carboxylic acid groups (broad SMARTS) is 1. The summed E-state index contributed by atoms with van der Waals surface area (Å²) in [6.07, 6.45) is 1.27. The number of benzene rings is 1. The van der Waals surface area contributed by atoms with Gasteiger partial charge in [-0.05, 0) is 30.7 Å². The van der Waals surface area contributed by atoms with Crippen molar-refractivity contribution in [3.8, 4) is 6.07 Å². The SMILES string of the molecule is Cc1cccc(Nc2ccc(C(=O)O)cn2)c1C#N. The fraction of sp³-hybridized carbons (Fsp3) is 0.0714. The molecular formula is C14H11N3O2. The molecule has 0 bridgehead atoms. The van der Waals surface area contributed by atoms with Crippen LogP contribution in [0.4, 0.5) is 11.5 Å². The van der Waals surface area contributed by atoms with E-state index < -0.39 is 5.97 Å². The lowest BCUT2D eigenvalue weighted by atomic mass is 10.1. The lowest BCUT2D eigenvalue weighted by molar-refractivity contribution is 0.0696. The predicted molar refractivity (Wildman–Crippen MR) is 70.4 cm³/mol. The van der Waals surface area contributed by atoms with E-state index in [4.69, 9.17) is 10.4 Å². The van der Waals surface area contributed by atoms with Gasteiger partial charge >= 0.3 is 5.97 Å². The van der Waals surface area contributed by atoms with E-state index in [1.807, 2.05) is 19.1 Å². The zero-order chi connectivity index (χ0) is 13.8. The second kappa shape index (κ2) is 5.19. The Labute approximate surface area is 110 Å². The Balaban J connectivity index is 2.29. The quantitative estimate of drug-likeness (QED) is 0.878. The van der Waals surface area contributed by atoms with Crippen LogP contribution in [-0.2, 0) is 0 Å². The lowest BCUT2D eigenvalue weighted by Gasteiger charge is -2.09. The minimum atomic E-state index is -1.02. The van der Waals surface area contributed by atoms with E-state index in [0.717, 1.165) is 5.56 Å². The molecule has 1 heterocycles. The van der Waals surface area contributed by atoms with Crippen LogP contribution in [-0.4, -0.2) is 16.1 Å². The molecule has 0 fully saturated rings. The summed E-state index contributed by atoms with van der Waals surface area (Å²) in [7, 11) is 0. The highest BCUT2D eigenvalue weighted by molar-refractivity contribution is 5.87. The van der Waals surface area contributed by atoms with E-state index in [1.54, 1.807) is 12.1 Å². The van der Waals surface area contributed by atoms with Crippen molar-refractivity contribution in [3.63, 3.8) is 0 Å². The molecule has 19 heavy (non-hydrogen) atoms. The summed E-state index contributed by atoms with van der Waals surface area (Å²) in [5.41, 5.74) is 2.19. The smallest absolute Gasteiger partial charge is 0.337 e. The topological polar surface area (TPSA) is 86.0 Å². The summed E-state index contributed by atoms with van der Waals surface area (Å²) >= 11 is 0. The van der Waals surface area contributed by atoms with Gasteiger partial charge in [0, 0.05) is 6.20 Å². The minimum absolute atomic E-state index is 0.121. The molecule has 94 valence electrons. The molecule has 0 atom stereocenters. The number of nitriles is 1. The zero-order valence-electron chi connectivity index (χ0n) is 10.2. The average molecular weight is 253 g/mol. The van der Waals surface area contributed by atoms with E-state index in [2.05, 4.69) is 16.4 Å². The van der Waals surface area contributed by atoms with Gasteiger partial charge in [-0.3, -0.25) is 0 Å². The highest BCUT2D eigenvalue weighted by Crippen LogP contribution is 2.21. The van der Waals surface area contributed by atoms with Gasteiger partial charge in [0.1, 0.15) is 11.9 Å². The highest BCUT2D eigenvalue weighted by atomic mass is 16.4. The summed E-state index contributed by atoms with van der Waals surface area (Å²) in [4.78, 5) is 14.7. The van der Waals surface area contributed by atoms with Crippen LogP contribution in [0.25, 0.3) is 0 Å². The van der Waals surface area contributed by atoms with E-state index in [-0.39, 0.29) is 5.56 Å². The number of anilines is 2. The van der Waals surface area contributed by atoms with Gasteiger partial charge in [-0.1, -0.05) is 12.1 Å². The van der Waals surface area contributed by atoms with Crippen LogP contribution in [0.2, 0.25) is 0 Å². The monoisotopic (exact) mass is 253 g/mol. The molecule has 5 heteroatoms. The normalized spacial score (nSPS) is 9.68. The maximum atomic E-state index is 10.7. The van der Waals surface area contributed by atoms with Crippen molar-refractivity contribution in [1.29, 1.82) is 5.26 Å². The lowest BCUT2D eigenvalue weighted by Crippen LogP contribution is -2.00. The summed E-state index contributed by atoms with van der Waals surface area (Å²) in [5.74, 6) is -0.528. The number of hydrogen-bond donors (Lipinski definition) is 2. The molecule has 0 aliphatic heterocycles. The standard InChI is InChI=1S/C14H11N3O2/c1-9-3-2-4-12(11(9)7-15)17-13-6-5-10(8-16-13)14(18)19/h2-6,8H,1H3,(H,16,17)(H,18,19). The number of aryl methyl sites for hydroxylation is 1. The highest BCUT2D eigenvalue weighted by Gasteiger charge is 2.07. The van der Waals surface area contributed by atoms with Crippen LogP contribution >= 0.6 is 0 Å². The molecular weight excluding hydrogens is 242 g/mol.